The lowest BCUT2D eigenvalue weighted by atomic mass is 10.1. The molecule has 0 saturated carbocycles. The van der Waals surface area contributed by atoms with Crippen LogP contribution in [0.15, 0.2) is 48.6 Å². The SMILES string of the molecule is CCCCCC/C=C\C/C=C\CCCCCCCC(=O)OCCCCCCCCCC/C=C\CCCCCCCCCC(=O)NC(CO)C(O)/C=C/CCCCCCCCC. The zero-order valence-corrected chi connectivity index (χ0v) is 40.4. The van der Waals surface area contributed by atoms with E-state index < -0.39 is 12.1 Å². The molecule has 0 rings (SSSR count). The lowest BCUT2D eigenvalue weighted by Gasteiger charge is -2.20. The van der Waals surface area contributed by atoms with Gasteiger partial charge in [0.05, 0.1) is 25.4 Å². The fourth-order valence-corrected chi connectivity index (χ4v) is 7.71. The number of hydrogen-bond donors (Lipinski definition) is 3. The van der Waals surface area contributed by atoms with Gasteiger partial charge in [-0.2, -0.15) is 0 Å². The van der Waals surface area contributed by atoms with E-state index in [4.69, 9.17) is 4.74 Å². The molecule has 0 aromatic carbocycles. The van der Waals surface area contributed by atoms with Crippen LogP contribution in [0, 0.1) is 0 Å². The maximum Gasteiger partial charge on any atom is 0.305 e. The first-order chi connectivity index (χ1) is 30.0. The summed E-state index contributed by atoms with van der Waals surface area (Å²) in [6.45, 7) is 4.83. The van der Waals surface area contributed by atoms with Crippen LogP contribution < -0.4 is 5.32 Å². The van der Waals surface area contributed by atoms with Crippen molar-refractivity contribution in [2.75, 3.05) is 13.2 Å². The molecule has 0 saturated heterocycles. The summed E-state index contributed by atoms with van der Waals surface area (Å²) in [5, 5.41) is 22.9. The number of unbranched alkanes of at least 4 members (excludes halogenated alkanes) is 31. The number of carbonyl (C=O) groups is 2. The number of rotatable bonds is 48. The highest BCUT2D eigenvalue weighted by molar-refractivity contribution is 5.76. The van der Waals surface area contributed by atoms with Gasteiger partial charge in [-0.15, -0.1) is 0 Å². The van der Waals surface area contributed by atoms with Gasteiger partial charge in [0, 0.05) is 12.8 Å². The second-order valence-corrected chi connectivity index (χ2v) is 17.8. The molecule has 6 heteroatoms. The minimum atomic E-state index is -0.849. The first-order valence-corrected chi connectivity index (χ1v) is 26.4. The predicted molar refractivity (Wildman–Crippen MR) is 264 cm³/mol. The number of aliphatic hydroxyl groups is 2. The van der Waals surface area contributed by atoms with Gasteiger partial charge in [0.25, 0.3) is 0 Å². The van der Waals surface area contributed by atoms with E-state index in [0.29, 0.717) is 19.4 Å². The summed E-state index contributed by atoms with van der Waals surface area (Å²) in [5.41, 5.74) is 0. The molecule has 0 aliphatic heterocycles. The van der Waals surface area contributed by atoms with Gasteiger partial charge in [-0.05, 0) is 89.9 Å². The van der Waals surface area contributed by atoms with Gasteiger partial charge >= 0.3 is 5.97 Å². The molecule has 0 radical (unpaired) electrons. The molecular formula is C55H101NO5. The number of allylic oxidation sites excluding steroid dienone is 7. The molecule has 0 aliphatic carbocycles. The smallest absolute Gasteiger partial charge is 0.305 e. The normalized spacial score (nSPS) is 13.0. The minimum Gasteiger partial charge on any atom is -0.466 e. The number of amides is 1. The average molecular weight is 856 g/mol. The quantitative estimate of drug-likeness (QED) is 0.0322. The maximum absolute atomic E-state index is 12.4. The van der Waals surface area contributed by atoms with E-state index >= 15 is 0 Å². The Balaban J connectivity index is 3.45. The van der Waals surface area contributed by atoms with Crippen molar-refractivity contribution < 1.29 is 24.5 Å². The lowest BCUT2D eigenvalue weighted by Crippen LogP contribution is -2.45. The van der Waals surface area contributed by atoms with E-state index in [9.17, 15) is 19.8 Å². The third-order valence-corrected chi connectivity index (χ3v) is 11.8. The minimum absolute atomic E-state index is 0.0114. The van der Waals surface area contributed by atoms with Crippen LogP contribution in [-0.4, -0.2) is 47.4 Å². The van der Waals surface area contributed by atoms with E-state index in [-0.39, 0.29) is 18.5 Å². The first kappa shape index (κ1) is 58.8. The highest BCUT2D eigenvalue weighted by Crippen LogP contribution is 2.14. The van der Waals surface area contributed by atoms with E-state index in [1.165, 1.54) is 173 Å². The molecule has 0 aliphatic rings. The molecule has 0 spiro atoms. The van der Waals surface area contributed by atoms with Crippen LogP contribution in [0.4, 0.5) is 0 Å². The van der Waals surface area contributed by atoms with Crippen LogP contribution in [-0.2, 0) is 14.3 Å². The van der Waals surface area contributed by atoms with Crippen LogP contribution in [0.2, 0.25) is 0 Å². The van der Waals surface area contributed by atoms with Gasteiger partial charge in [-0.1, -0.05) is 210 Å². The Morgan fingerprint density at radius 3 is 1.28 bits per heavy atom. The van der Waals surface area contributed by atoms with Gasteiger partial charge < -0.3 is 20.3 Å². The van der Waals surface area contributed by atoms with E-state index in [1.54, 1.807) is 6.08 Å². The van der Waals surface area contributed by atoms with Crippen LogP contribution in [0.3, 0.4) is 0 Å². The molecule has 356 valence electrons. The Morgan fingerprint density at radius 2 is 0.820 bits per heavy atom. The lowest BCUT2D eigenvalue weighted by molar-refractivity contribution is -0.143. The highest BCUT2D eigenvalue weighted by atomic mass is 16.5. The molecule has 2 unspecified atom stereocenters. The number of aliphatic hydroxyl groups excluding tert-OH is 2. The predicted octanol–water partition coefficient (Wildman–Crippen LogP) is 15.8. The number of carbonyl (C=O) groups excluding carboxylic acids is 2. The summed E-state index contributed by atoms with van der Waals surface area (Å²) in [7, 11) is 0. The highest BCUT2D eigenvalue weighted by Gasteiger charge is 2.18. The number of nitrogens with one attached hydrogen (secondary N) is 1. The molecule has 6 nitrogen and oxygen atoms in total. The van der Waals surface area contributed by atoms with Gasteiger partial charge in [-0.3, -0.25) is 9.59 Å². The van der Waals surface area contributed by atoms with Crippen molar-refractivity contribution in [2.45, 2.75) is 276 Å². The molecule has 0 heterocycles. The molecule has 0 aromatic rings. The Hall–Kier alpha value is -2.18. The Labute approximate surface area is 378 Å². The van der Waals surface area contributed by atoms with Crippen molar-refractivity contribution in [1.29, 1.82) is 0 Å². The molecule has 0 bridgehead atoms. The topological polar surface area (TPSA) is 95.9 Å². The van der Waals surface area contributed by atoms with Crippen LogP contribution in [0.5, 0.6) is 0 Å². The van der Waals surface area contributed by atoms with Crippen LogP contribution >= 0.6 is 0 Å². The van der Waals surface area contributed by atoms with Crippen molar-refractivity contribution in [1.82, 2.24) is 5.32 Å². The molecular weight excluding hydrogens is 755 g/mol. The Bertz CT molecular complexity index is 1040. The molecule has 0 fully saturated rings. The fraction of sp³-hybridized carbons (Fsp3) is 0.818. The van der Waals surface area contributed by atoms with Gasteiger partial charge in [-0.25, -0.2) is 0 Å². The van der Waals surface area contributed by atoms with E-state index in [1.807, 2.05) is 6.08 Å². The molecule has 61 heavy (non-hydrogen) atoms. The zero-order valence-electron chi connectivity index (χ0n) is 40.4. The van der Waals surface area contributed by atoms with Crippen molar-refractivity contribution in [3.63, 3.8) is 0 Å². The third-order valence-electron chi connectivity index (χ3n) is 11.8. The molecule has 3 N–H and O–H groups in total. The monoisotopic (exact) mass is 856 g/mol. The summed E-state index contributed by atoms with van der Waals surface area (Å²) in [6, 6.07) is -0.634. The number of ether oxygens (including phenoxy) is 1. The zero-order chi connectivity index (χ0) is 44.4. The first-order valence-electron chi connectivity index (χ1n) is 26.4. The van der Waals surface area contributed by atoms with E-state index in [2.05, 4.69) is 55.6 Å². The van der Waals surface area contributed by atoms with E-state index in [0.717, 1.165) is 64.2 Å². The summed E-state index contributed by atoms with van der Waals surface area (Å²) >= 11 is 0. The summed E-state index contributed by atoms with van der Waals surface area (Å²) in [4.78, 5) is 24.4. The summed E-state index contributed by atoms with van der Waals surface area (Å²) in [5.74, 6) is -0.0934. The second kappa shape index (κ2) is 50.5. The van der Waals surface area contributed by atoms with Crippen molar-refractivity contribution in [3.05, 3.63) is 48.6 Å². The largest absolute Gasteiger partial charge is 0.466 e. The average Bonchev–Trinajstić information content (AvgIpc) is 3.26. The van der Waals surface area contributed by atoms with Crippen molar-refractivity contribution >= 4 is 11.9 Å². The van der Waals surface area contributed by atoms with Crippen LogP contribution in [0.1, 0.15) is 264 Å². The molecule has 1 amide bonds. The standard InChI is InChI=1S/C55H101NO5/c1-3-5-7-9-11-13-14-15-16-23-26-29-33-37-41-45-49-55(60)61-50-46-42-38-34-30-27-24-21-19-17-18-20-22-25-28-32-36-40-44-48-54(59)56-52(51-57)53(58)47-43-39-35-31-12-10-8-6-4-2/h13-14,16-18,23,43,47,52-53,57-58H,3-12,15,19-22,24-42,44-46,48-51H2,1-2H3,(H,56,59)/b14-13-,18-17-,23-16-,47-43+. The summed E-state index contributed by atoms with van der Waals surface area (Å²) < 4.78 is 5.46. The number of esters is 1. The molecule has 2 atom stereocenters. The van der Waals surface area contributed by atoms with Gasteiger partial charge in [0.15, 0.2) is 0 Å². The van der Waals surface area contributed by atoms with Crippen LogP contribution in [0.25, 0.3) is 0 Å². The fourth-order valence-electron chi connectivity index (χ4n) is 7.71. The summed E-state index contributed by atoms with van der Waals surface area (Å²) in [6.07, 6.45) is 62.7. The Morgan fingerprint density at radius 1 is 0.459 bits per heavy atom. The van der Waals surface area contributed by atoms with Crippen molar-refractivity contribution in [2.24, 2.45) is 0 Å². The van der Waals surface area contributed by atoms with Gasteiger partial charge in [0.1, 0.15) is 0 Å². The van der Waals surface area contributed by atoms with Crippen molar-refractivity contribution in [3.8, 4) is 0 Å². The maximum atomic E-state index is 12.4. The van der Waals surface area contributed by atoms with Gasteiger partial charge in [0.2, 0.25) is 5.91 Å². The molecule has 0 aromatic heterocycles. The Kier molecular flexibility index (Phi) is 48.7. The third kappa shape index (κ3) is 47.1. The second-order valence-electron chi connectivity index (χ2n) is 17.8. The number of hydrogen-bond acceptors (Lipinski definition) is 5.